The second-order valence-electron chi connectivity index (χ2n) is 3.39. The summed E-state index contributed by atoms with van der Waals surface area (Å²) >= 11 is 4.75. The summed E-state index contributed by atoms with van der Waals surface area (Å²) in [5.41, 5.74) is 5.35. The first-order valence-corrected chi connectivity index (χ1v) is 4.89. The number of nitrogens with two attached hydrogens (primary N) is 1. The normalized spacial score (nSPS) is 10.6. The fraction of sp³-hybridized carbons (Fsp3) is 0.889. The van der Waals surface area contributed by atoms with Gasteiger partial charge in [-0.2, -0.15) is 0 Å². The van der Waals surface area contributed by atoms with Gasteiger partial charge in [-0.05, 0) is 25.2 Å². The van der Waals surface area contributed by atoms with Gasteiger partial charge in [0.15, 0.2) is 0 Å². The van der Waals surface area contributed by atoms with Crippen molar-refractivity contribution in [1.29, 1.82) is 0 Å². The predicted molar refractivity (Wildman–Crippen MR) is 56.3 cm³/mol. The molecule has 0 saturated heterocycles. The Balaban J connectivity index is 2.96. The van der Waals surface area contributed by atoms with E-state index in [-0.39, 0.29) is 0 Å². The molecule has 0 fully saturated rings. The average molecular weight is 189 g/mol. The van der Waals surface area contributed by atoms with Gasteiger partial charge in [-0.25, -0.2) is 0 Å². The van der Waals surface area contributed by atoms with Crippen molar-refractivity contribution in [2.75, 3.05) is 13.2 Å². The summed E-state index contributed by atoms with van der Waals surface area (Å²) in [6.07, 6.45) is 2.96. The molecule has 0 heterocycles. The van der Waals surface area contributed by atoms with Gasteiger partial charge in [-0.15, -0.1) is 0 Å². The van der Waals surface area contributed by atoms with Crippen LogP contribution in [-0.2, 0) is 4.74 Å². The van der Waals surface area contributed by atoms with Crippen LogP contribution in [0.3, 0.4) is 0 Å². The van der Waals surface area contributed by atoms with E-state index in [0.29, 0.717) is 10.9 Å². The zero-order valence-corrected chi connectivity index (χ0v) is 8.82. The molecule has 72 valence electrons. The van der Waals surface area contributed by atoms with Crippen molar-refractivity contribution in [3.8, 4) is 0 Å². The van der Waals surface area contributed by atoms with E-state index in [1.165, 1.54) is 0 Å². The van der Waals surface area contributed by atoms with Gasteiger partial charge in [0.2, 0.25) is 0 Å². The van der Waals surface area contributed by atoms with Crippen molar-refractivity contribution in [2.45, 2.75) is 33.1 Å². The molecule has 0 spiro atoms. The molecule has 0 aliphatic rings. The maximum atomic E-state index is 5.39. The third-order valence-corrected chi connectivity index (χ3v) is 1.62. The van der Waals surface area contributed by atoms with Crippen LogP contribution in [0.5, 0.6) is 0 Å². The van der Waals surface area contributed by atoms with Crippen LogP contribution in [0.15, 0.2) is 0 Å². The highest BCUT2D eigenvalue weighted by molar-refractivity contribution is 7.80. The lowest BCUT2D eigenvalue weighted by atomic mass is 10.2. The summed E-state index contributed by atoms with van der Waals surface area (Å²) in [5, 5.41) is 0. The number of hydrogen-bond acceptors (Lipinski definition) is 2. The number of rotatable bonds is 7. The molecule has 2 N–H and O–H groups in total. The molecule has 0 aromatic heterocycles. The summed E-state index contributed by atoms with van der Waals surface area (Å²) in [6.45, 7) is 5.98. The molecule has 0 aromatic carbocycles. The van der Waals surface area contributed by atoms with E-state index in [1.54, 1.807) is 0 Å². The lowest BCUT2D eigenvalue weighted by Crippen LogP contribution is -2.08. The van der Waals surface area contributed by atoms with Crippen LogP contribution < -0.4 is 5.73 Å². The van der Waals surface area contributed by atoms with Crippen LogP contribution in [-0.4, -0.2) is 18.2 Å². The molecule has 0 aromatic rings. The molecule has 3 heteroatoms. The maximum absolute atomic E-state index is 5.39. The van der Waals surface area contributed by atoms with Gasteiger partial charge >= 0.3 is 0 Å². The minimum Gasteiger partial charge on any atom is -0.393 e. The molecule has 0 aliphatic heterocycles. The van der Waals surface area contributed by atoms with Crippen molar-refractivity contribution in [1.82, 2.24) is 0 Å². The predicted octanol–water partition coefficient (Wildman–Crippen LogP) is 2.12. The van der Waals surface area contributed by atoms with E-state index in [0.717, 1.165) is 32.5 Å². The van der Waals surface area contributed by atoms with E-state index >= 15 is 0 Å². The third kappa shape index (κ3) is 9.85. The number of unbranched alkanes of at least 4 members (excludes halogenated alkanes) is 1. The Morgan fingerprint density at radius 2 is 2.08 bits per heavy atom. The highest BCUT2D eigenvalue weighted by atomic mass is 32.1. The van der Waals surface area contributed by atoms with Gasteiger partial charge in [0.1, 0.15) is 0 Å². The fourth-order valence-electron chi connectivity index (χ4n) is 0.822. The Hall–Kier alpha value is -0.150. The van der Waals surface area contributed by atoms with Gasteiger partial charge in [-0.3, -0.25) is 0 Å². The number of hydrogen-bond donors (Lipinski definition) is 1. The smallest absolute Gasteiger partial charge is 0.0727 e. The zero-order valence-electron chi connectivity index (χ0n) is 8.01. The van der Waals surface area contributed by atoms with Crippen LogP contribution in [0.4, 0.5) is 0 Å². The lowest BCUT2D eigenvalue weighted by Gasteiger charge is -2.05. The highest BCUT2D eigenvalue weighted by Crippen LogP contribution is 1.98. The molecule has 0 atom stereocenters. The second kappa shape index (κ2) is 7.50. The van der Waals surface area contributed by atoms with Crippen molar-refractivity contribution in [3.05, 3.63) is 0 Å². The first kappa shape index (κ1) is 11.8. The topological polar surface area (TPSA) is 35.2 Å². The molecule has 0 amide bonds. The van der Waals surface area contributed by atoms with Crippen LogP contribution in [0.1, 0.15) is 33.1 Å². The second-order valence-corrected chi connectivity index (χ2v) is 3.92. The molecule has 0 rings (SSSR count). The molecule has 0 aliphatic carbocycles. The fourth-order valence-corrected chi connectivity index (χ4v) is 0.967. The number of thiocarbonyl (C=S) groups is 1. The molecule has 0 bridgehead atoms. The summed E-state index contributed by atoms with van der Waals surface area (Å²) in [5.74, 6) is 0.626. The van der Waals surface area contributed by atoms with Crippen LogP contribution >= 0.6 is 12.2 Å². The van der Waals surface area contributed by atoms with Crippen molar-refractivity contribution in [3.63, 3.8) is 0 Å². The highest BCUT2D eigenvalue weighted by Gasteiger charge is 1.94. The van der Waals surface area contributed by atoms with Crippen molar-refractivity contribution in [2.24, 2.45) is 11.7 Å². The molecular formula is C9H19NOS. The summed E-state index contributed by atoms with van der Waals surface area (Å²) < 4.78 is 5.39. The van der Waals surface area contributed by atoms with Crippen LogP contribution in [0.25, 0.3) is 0 Å². The minimum atomic E-state index is 0.610. The Morgan fingerprint density at radius 1 is 1.42 bits per heavy atom. The van der Waals surface area contributed by atoms with Gasteiger partial charge in [0.25, 0.3) is 0 Å². The average Bonchev–Trinajstić information content (AvgIpc) is 1.95. The quantitative estimate of drug-likeness (QED) is 0.492. The van der Waals surface area contributed by atoms with Gasteiger partial charge < -0.3 is 10.5 Å². The Bertz CT molecular complexity index is 126. The largest absolute Gasteiger partial charge is 0.393 e. The SMILES string of the molecule is CC(C)COCCCCC(N)=S. The Kier molecular flexibility index (Phi) is 7.40. The minimum absolute atomic E-state index is 0.610. The molecule has 0 unspecified atom stereocenters. The molecular weight excluding hydrogens is 170 g/mol. The lowest BCUT2D eigenvalue weighted by molar-refractivity contribution is 0.107. The zero-order chi connectivity index (χ0) is 9.40. The van der Waals surface area contributed by atoms with Gasteiger partial charge in [0, 0.05) is 13.2 Å². The number of ether oxygens (including phenoxy) is 1. The Labute approximate surface area is 80.5 Å². The Morgan fingerprint density at radius 3 is 2.58 bits per heavy atom. The van der Waals surface area contributed by atoms with E-state index in [1.807, 2.05) is 0 Å². The summed E-state index contributed by atoms with van der Waals surface area (Å²) in [7, 11) is 0. The molecule has 12 heavy (non-hydrogen) atoms. The van der Waals surface area contributed by atoms with Crippen molar-refractivity contribution < 1.29 is 4.74 Å². The van der Waals surface area contributed by atoms with Gasteiger partial charge in [0.05, 0.1) is 4.99 Å². The first-order chi connectivity index (χ1) is 5.63. The molecule has 2 nitrogen and oxygen atoms in total. The van der Waals surface area contributed by atoms with E-state index < -0.39 is 0 Å². The van der Waals surface area contributed by atoms with E-state index in [4.69, 9.17) is 22.7 Å². The first-order valence-electron chi connectivity index (χ1n) is 4.49. The third-order valence-electron chi connectivity index (χ3n) is 1.41. The maximum Gasteiger partial charge on any atom is 0.0727 e. The van der Waals surface area contributed by atoms with E-state index in [2.05, 4.69) is 13.8 Å². The van der Waals surface area contributed by atoms with Crippen molar-refractivity contribution >= 4 is 17.2 Å². The monoisotopic (exact) mass is 189 g/mol. The summed E-state index contributed by atoms with van der Waals surface area (Å²) in [4.78, 5) is 0.610. The van der Waals surface area contributed by atoms with Crippen LogP contribution in [0, 0.1) is 5.92 Å². The molecule has 0 saturated carbocycles. The van der Waals surface area contributed by atoms with Gasteiger partial charge in [-0.1, -0.05) is 26.1 Å². The summed E-state index contributed by atoms with van der Waals surface area (Å²) in [6, 6.07) is 0. The molecule has 0 radical (unpaired) electrons. The standard InChI is InChI=1S/C9H19NOS/c1-8(2)7-11-6-4-3-5-9(10)12/h8H,3-7H2,1-2H3,(H2,10,12). The van der Waals surface area contributed by atoms with E-state index in [9.17, 15) is 0 Å². The van der Waals surface area contributed by atoms with Crippen LogP contribution in [0.2, 0.25) is 0 Å².